The summed E-state index contributed by atoms with van der Waals surface area (Å²) in [6, 6.07) is 0.650. The number of ether oxygens (including phenoxy) is 1. The van der Waals surface area contributed by atoms with Crippen molar-refractivity contribution in [3.63, 3.8) is 0 Å². The Hall–Kier alpha value is 0.210. The molecule has 0 aromatic rings. The van der Waals surface area contributed by atoms with Crippen LogP contribution in [-0.4, -0.2) is 31.2 Å². The lowest BCUT2D eigenvalue weighted by molar-refractivity contribution is 0.128. The second kappa shape index (κ2) is 6.63. The van der Waals surface area contributed by atoms with Gasteiger partial charge in [-0.2, -0.15) is 0 Å². The molecular weight excluding hydrogens is 186 g/mol. The van der Waals surface area contributed by atoms with Gasteiger partial charge in [-0.1, -0.05) is 13.3 Å². The smallest absolute Gasteiger partial charge is 0.0591 e. The van der Waals surface area contributed by atoms with Gasteiger partial charge >= 0.3 is 0 Å². The molecule has 0 unspecified atom stereocenters. The number of rotatable bonds is 7. The fourth-order valence-electron chi connectivity index (χ4n) is 1.40. The van der Waals surface area contributed by atoms with Gasteiger partial charge in [0.05, 0.1) is 6.61 Å². The zero-order chi connectivity index (χ0) is 9.52. The lowest BCUT2D eigenvalue weighted by Gasteiger charge is -2.31. The van der Waals surface area contributed by atoms with Crippen LogP contribution in [0.1, 0.15) is 32.6 Å². The van der Waals surface area contributed by atoms with Crippen molar-refractivity contribution in [1.29, 1.82) is 0 Å². The van der Waals surface area contributed by atoms with E-state index in [-0.39, 0.29) is 0 Å². The molecule has 0 atom stereocenters. The van der Waals surface area contributed by atoms with E-state index in [0.29, 0.717) is 11.4 Å². The molecular formula is C10H20ClNO. The Kier molecular flexibility index (Phi) is 5.76. The van der Waals surface area contributed by atoms with Gasteiger partial charge < -0.3 is 10.1 Å². The van der Waals surface area contributed by atoms with Crippen molar-refractivity contribution < 1.29 is 4.74 Å². The normalized spacial score (nSPS) is 27.2. The Morgan fingerprint density at radius 2 is 2.15 bits per heavy atom. The van der Waals surface area contributed by atoms with Gasteiger partial charge in [-0.3, -0.25) is 0 Å². The number of hydrogen-bond acceptors (Lipinski definition) is 2. The van der Waals surface area contributed by atoms with Gasteiger partial charge in [-0.25, -0.2) is 0 Å². The first kappa shape index (κ1) is 11.3. The Bertz CT molecular complexity index is 126. The van der Waals surface area contributed by atoms with Crippen LogP contribution in [0.15, 0.2) is 0 Å². The molecule has 3 heteroatoms. The maximum absolute atomic E-state index is 5.85. The maximum Gasteiger partial charge on any atom is 0.0591 e. The van der Waals surface area contributed by atoms with Gasteiger partial charge in [-0.05, 0) is 19.3 Å². The number of alkyl halides is 1. The molecule has 1 aliphatic rings. The molecule has 78 valence electrons. The van der Waals surface area contributed by atoms with E-state index in [4.69, 9.17) is 16.3 Å². The molecule has 0 amide bonds. The zero-order valence-corrected chi connectivity index (χ0v) is 9.15. The van der Waals surface area contributed by atoms with E-state index in [9.17, 15) is 0 Å². The monoisotopic (exact) mass is 205 g/mol. The predicted molar refractivity (Wildman–Crippen MR) is 56.4 cm³/mol. The summed E-state index contributed by atoms with van der Waals surface area (Å²) < 4.78 is 5.42. The molecule has 0 heterocycles. The van der Waals surface area contributed by atoms with Crippen molar-refractivity contribution >= 4 is 11.6 Å². The molecule has 0 aromatic carbocycles. The molecule has 2 nitrogen and oxygen atoms in total. The lowest BCUT2D eigenvalue weighted by Crippen LogP contribution is -2.43. The minimum Gasteiger partial charge on any atom is -0.380 e. The highest BCUT2D eigenvalue weighted by Crippen LogP contribution is 2.24. The Morgan fingerprint density at radius 1 is 1.38 bits per heavy atom. The molecule has 1 N–H and O–H groups in total. The molecule has 13 heavy (non-hydrogen) atoms. The molecule has 0 bridgehead atoms. The second-order valence-electron chi connectivity index (χ2n) is 3.69. The molecule has 0 radical (unpaired) electrons. The van der Waals surface area contributed by atoms with E-state index in [2.05, 4.69) is 12.2 Å². The fraction of sp³-hybridized carbons (Fsp3) is 1.00. The summed E-state index contributed by atoms with van der Waals surface area (Å²) in [5.74, 6) is 0. The minimum atomic E-state index is 0.415. The summed E-state index contributed by atoms with van der Waals surface area (Å²) in [4.78, 5) is 0. The van der Waals surface area contributed by atoms with E-state index < -0.39 is 0 Å². The van der Waals surface area contributed by atoms with Crippen molar-refractivity contribution in [1.82, 2.24) is 5.32 Å². The van der Waals surface area contributed by atoms with Crippen molar-refractivity contribution in [3.05, 3.63) is 0 Å². The van der Waals surface area contributed by atoms with Crippen LogP contribution in [0.2, 0.25) is 0 Å². The van der Waals surface area contributed by atoms with Crippen molar-refractivity contribution in [3.8, 4) is 0 Å². The van der Waals surface area contributed by atoms with Crippen LogP contribution in [0.25, 0.3) is 0 Å². The zero-order valence-electron chi connectivity index (χ0n) is 8.39. The van der Waals surface area contributed by atoms with E-state index in [1.807, 2.05) is 0 Å². The molecule has 0 spiro atoms. The van der Waals surface area contributed by atoms with Gasteiger partial charge in [0.2, 0.25) is 0 Å². The summed E-state index contributed by atoms with van der Waals surface area (Å²) in [5.41, 5.74) is 0. The van der Waals surface area contributed by atoms with Gasteiger partial charge in [0.15, 0.2) is 0 Å². The molecule has 1 aliphatic carbocycles. The molecule has 0 aromatic heterocycles. The first-order chi connectivity index (χ1) is 6.33. The quantitative estimate of drug-likeness (QED) is 0.508. The third-order valence-electron chi connectivity index (χ3n) is 2.40. The Balaban J connectivity index is 1.74. The van der Waals surface area contributed by atoms with Crippen molar-refractivity contribution in [2.45, 2.75) is 44.0 Å². The molecule has 1 fully saturated rings. The average Bonchev–Trinajstić information content (AvgIpc) is 2.07. The summed E-state index contributed by atoms with van der Waals surface area (Å²) in [5, 5.41) is 3.83. The van der Waals surface area contributed by atoms with Crippen LogP contribution in [0.5, 0.6) is 0 Å². The van der Waals surface area contributed by atoms with Crippen LogP contribution in [0, 0.1) is 0 Å². The number of nitrogens with one attached hydrogen (secondary N) is 1. The largest absolute Gasteiger partial charge is 0.380 e. The van der Waals surface area contributed by atoms with Gasteiger partial charge in [0.1, 0.15) is 0 Å². The van der Waals surface area contributed by atoms with E-state index in [1.54, 1.807) is 0 Å². The first-order valence-corrected chi connectivity index (χ1v) is 5.71. The molecule has 0 aliphatic heterocycles. The molecule has 0 saturated heterocycles. The number of unbranched alkanes of at least 4 members (excludes halogenated alkanes) is 1. The van der Waals surface area contributed by atoms with Crippen LogP contribution in [-0.2, 0) is 4.74 Å². The van der Waals surface area contributed by atoms with Crippen LogP contribution in [0.4, 0.5) is 0 Å². The maximum atomic E-state index is 5.85. The average molecular weight is 206 g/mol. The standard InChI is InChI=1S/C10H20ClNO/c1-2-3-5-13-6-4-12-10-7-9(11)8-10/h9-10,12H,2-8H2,1H3. The minimum absolute atomic E-state index is 0.415. The predicted octanol–water partition coefficient (Wildman–Crippen LogP) is 2.16. The Labute approximate surface area is 86.0 Å². The van der Waals surface area contributed by atoms with E-state index in [0.717, 1.165) is 32.6 Å². The highest BCUT2D eigenvalue weighted by atomic mass is 35.5. The summed E-state index contributed by atoms with van der Waals surface area (Å²) in [6.45, 7) is 4.89. The number of halogens is 1. The molecule has 1 rings (SSSR count). The van der Waals surface area contributed by atoms with E-state index in [1.165, 1.54) is 12.8 Å². The SMILES string of the molecule is CCCCOCCNC1CC(Cl)C1. The van der Waals surface area contributed by atoms with Crippen LogP contribution in [0.3, 0.4) is 0 Å². The second-order valence-corrected chi connectivity index (χ2v) is 4.30. The highest BCUT2D eigenvalue weighted by molar-refractivity contribution is 6.21. The summed E-state index contributed by atoms with van der Waals surface area (Å²) in [6.07, 6.45) is 4.63. The Morgan fingerprint density at radius 3 is 2.77 bits per heavy atom. The number of hydrogen-bond donors (Lipinski definition) is 1. The van der Waals surface area contributed by atoms with Crippen LogP contribution >= 0.6 is 11.6 Å². The van der Waals surface area contributed by atoms with Crippen molar-refractivity contribution in [2.75, 3.05) is 19.8 Å². The summed E-state index contributed by atoms with van der Waals surface area (Å²) >= 11 is 5.85. The van der Waals surface area contributed by atoms with Gasteiger partial charge in [-0.15, -0.1) is 11.6 Å². The third kappa shape index (κ3) is 4.84. The fourth-order valence-corrected chi connectivity index (χ4v) is 1.83. The van der Waals surface area contributed by atoms with Crippen molar-refractivity contribution in [2.24, 2.45) is 0 Å². The topological polar surface area (TPSA) is 21.3 Å². The lowest BCUT2D eigenvalue weighted by atomic mass is 9.92. The molecule has 1 saturated carbocycles. The van der Waals surface area contributed by atoms with Gasteiger partial charge in [0, 0.05) is 24.6 Å². The van der Waals surface area contributed by atoms with E-state index >= 15 is 0 Å². The highest BCUT2D eigenvalue weighted by Gasteiger charge is 2.25. The van der Waals surface area contributed by atoms with Gasteiger partial charge in [0.25, 0.3) is 0 Å². The first-order valence-electron chi connectivity index (χ1n) is 5.28. The summed E-state index contributed by atoms with van der Waals surface area (Å²) in [7, 11) is 0. The van der Waals surface area contributed by atoms with Crippen LogP contribution < -0.4 is 5.32 Å². The third-order valence-corrected chi connectivity index (χ3v) is 2.76.